The highest BCUT2D eigenvalue weighted by molar-refractivity contribution is 6.33. The number of likely N-dealkylation sites (N-methyl/N-ethyl adjacent to an activating group) is 1. The summed E-state index contributed by atoms with van der Waals surface area (Å²) in [6, 6.07) is 7.32. The molecular weight excluding hydrogens is 873 g/mol. The first-order chi connectivity index (χ1) is 31.7. The van der Waals surface area contributed by atoms with Crippen LogP contribution in [-0.4, -0.2) is 118 Å². The number of imide groups is 2. The molecule has 4 aromatic rings. The van der Waals surface area contributed by atoms with Crippen molar-refractivity contribution in [3.8, 4) is 5.75 Å². The maximum absolute atomic E-state index is 16.2. The number of piperidine rings is 3. The zero-order chi connectivity index (χ0) is 46.6. The molecule has 1 aliphatic carbocycles. The van der Waals surface area contributed by atoms with Crippen molar-refractivity contribution < 1.29 is 37.8 Å². The molecule has 4 fully saturated rings. The highest BCUT2D eigenvalue weighted by Gasteiger charge is 2.46. The first-order valence-electron chi connectivity index (χ1n) is 22.7. The Balaban J connectivity index is 0.762. The molecule has 4 aliphatic heterocycles. The van der Waals surface area contributed by atoms with Gasteiger partial charge in [0.05, 0.1) is 40.7 Å². The zero-order valence-electron chi connectivity index (χ0n) is 37.3. The third kappa shape index (κ3) is 8.49. The molecule has 0 radical (unpaired) electrons. The van der Waals surface area contributed by atoms with Gasteiger partial charge in [0, 0.05) is 44.0 Å². The number of halogens is 2. The number of rotatable bonds is 12. The molecule has 1 atom stereocenters. The van der Waals surface area contributed by atoms with Gasteiger partial charge >= 0.3 is 0 Å². The van der Waals surface area contributed by atoms with E-state index in [4.69, 9.17) is 21.1 Å². The number of carbonyl (C=O) groups excluding carboxylic acids is 5. The predicted molar refractivity (Wildman–Crippen MR) is 243 cm³/mol. The second-order valence-corrected chi connectivity index (χ2v) is 18.5. The average Bonchev–Trinajstić information content (AvgIpc) is 3.54. The topological polar surface area (TPSA) is 197 Å². The van der Waals surface area contributed by atoms with Crippen LogP contribution in [0.4, 0.5) is 21.8 Å². The summed E-state index contributed by atoms with van der Waals surface area (Å²) in [5.74, 6) is -2.25. The summed E-state index contributed by atoms with van der Waals surface area (Å²) in [4.78, 5) is 91.0. The number of nitrogens with one attached hydrogen (secondary N) is 3. The summed E-state index contributed by atoms with van der Waals surface area (Å²) in [6.45, 7) is 8.30. The Kier molecular flexibility index (Phi) is 12.6. The van der Waals surface area contributed by atoms with Crippen molar-refractivity contribution in [1.29, 1.82) is 0 Å². The van der Waals surface area contributed by atoms with Crippen LogP contribution in [0.25, 0.3) is 10.9 Å². The van der Waals surface area contributed by atoms with Gasteiger partial charge in [-0.1, -0.05) is 17.7 Å². The van der Waals surface area contributed by atoms with Crippen molar-refractivity contribution in [2.45, 2.75) is 108 Å². The van der Waals surface area contributed by atoms with E-state index < -0.39 is 53.6 Å². The Morgan fingerprint density at radius 1 is 0.970 bits per heavy atom. The van der Waals surface area contributed by atoms with Crippen LogP contribution in [-0.2, 0) is 19.1 Å². The standard InChI is InChI=1S/C47H53ClFN9O8/c1-24(2)57-35-8-7-34(41(49)32(35)21-37(45(57)63)65-23-39(60)50-4)52-42-33(48)22-51-47(54-42)56-17-13-28(14-18-56)66-29-19-27(20-29)55-15-11-26(12-16-55)30-5-6-31-40(25(30)3)46(64)58(44(31)62)36-9-10-38(59)53-43(36)61/h5-8,21-22,24,26-29,36H,9-20,23H2,1-4H3,(H,50,60)(H,51,52,54)(H,53,59,61)/t27-,29-,36?. The van der Waals surface area contributed by atoms with Gasteiger partial charge in [0.15, 0.2) is 24.0 Å². The van der Waals surface area contributed by atoms with E-state index in [2.05, 4.69) is 35.7 Å². The molecule has 19 heteroatoms. The van der Waals surface area contributed by atoms with Gasteiger partial charge in [0.1, 0.15) is 11.1 Å². The molecule has 66 heavy (non-hydrogen) atoms. The Hall–Kier alpha value is -5.98. The lowest BCUT2D eigenvalue weighted by Gasteiger charge is -2.47. The zero-order valence-corrected chi connectivity index (χ0v) is 38.1. The van der Waals surface area contributed by atoms with Gasteiger partial charge in [-0.3, -0.25) is 39.0 Å². The first-order valence-corrected chi connectivity index (χ1v) is 23.1. The van der Waals surface area contributed by atoms with Crippen LogP contribution in [0.3, 0.4) is 0 Å². The molecule has 1 saturated carbocycles. The molecule has 9 rings (SSSR count). The summed E-state index contributed by atoms with van der Waals surface area (Å²) < 4.78 is 29.7. The van der Waals surface area contributed by atoms with Crippen molar-refractivity contribution in [3.63, 3.8) is 0 Å². The van der Waals surface area contributed by atoms with Crippen molar-refractivity contribution >= 4 is 69.5 Å². The third-order valence-electron chi connectivity index (χ3n) is 13.8. The highest BCUT2D eigenvalue weighted by Crippen LogP contribution is 2.40. The number of likely N-dealkylation sites (tertiary alicyclic amines) is 1. The molecule has 0 bridgehead atoms. The summed E-state index contributed by atoms with van der Waals surface area (Å²) in [6.07, 6.45) is 7.37. The van der Waals surface area contributed by atoms with E-state index in [9.17, 15) is 28.8 Å². The summed E-state index contributed by atoms with van der Waals surface area (Å²) in [5, 5.41) is 8.05. The number of anilines is 3. The number of pyridine rings is 1. The lowest BCUT2D eigenvalue weighted by Crippen LogP contribution is -2.54. The predicted octanol–water partition coefficient (Wildman–Crippen LogP) is 5.14. The van der Waals surface area contributed by atoms with Crippen molar-refractivity contribution in [2.75, 3.05) is 50.1 Å². The molecule has 17 nitrogen and oxygen atoms in total. The number of carbonyl (C=O) groups is 5. The minimum Gasteiger partial charge on any atom is -0.478 e. The lowest BCUT2D eigenvalue weighted by atomic mass is 9.81. The van der Waals surface area contributed by atoms with Crippen molar-refractivity contribution in [3.05, 3.63) is 80.0 Å². The number of aromatic nitrogens is 3. The quantitative estimate of drug-likeness (QED) is 0.158. The second-order valence-electron chi connectivity index (χ2n) is 18.1. The maximum atomic E-state index is 16.2. The fraction of sp³-hybridized carbons (Fsp3) is 0.489. The van der Waals surface area contributed by atoms with Crippen LogP contribution in [0.5, 0.6) is 5.75 Å². The number of hydrogen-bond acceptors (Lipinski definition) is 13. The van der Waals surface area contributed by atoms with Crippen LogP contribution in [0.1, 0.15) is 109 Å². The summed E-state index contributed by atoms with van der Waals surface area (Å²) in [5.41, 5.74) is 2.53. The van der Waals surface area contributed by atoms with Crippen LogP contribution in [0.2, 0.25) is 5.02 Å². The first kappa shape index (κ1) is 45.2. The summed E-state index contributed by atoms with van der Waals surface area (Å²) >= 11 is 6.53. The van der Waals surface area contributed by atoms with Crippen molar-refractivity contribution in [1.82, 2.24) is 35.0 Å². The second kappa shape index (κ2) is 18.4. The van der Waals surface area contributed by atoms with Crippen LogP contribution in [0.15, 0.2) is 41.3 Å². The van der Waals surface area contributed by atoms with Crippen LogP contribution >= 0.6 is 11.6 Å². The van der Waals surface area contributed by atoms with E-state index in [1.165, 1.54) is 29.9 Å². The van der Waals surface area contributed by atoms with Gasteiger partial charge in [0.2, 0.25) is 17.8 Å². The van der Waals surface area contributed by atoms with E-state index in [1.54, 1.807) is 26.0 Å². The van der Waals surface area contributed by atoms with Gasteiger partial charge < -0.3 is 34.5 Å². The van der Waals surface area contributed by atoms with Gasteiger partial charge in [-0.25, -0.2) is 9.37 Å². The van der Waals surface area contributed by atoms with E-state index in [0.717, 1.165) is 67.6 Å². The van der Waals surface area contributed by atoms with Crippen LogP contribution < -0.4 is 31.1 Å². The van der Waals surface area contributed by atoms with Gasteiger partial charge in [-0.05, 0) is 120 Å². The number of fused-ring (bicyclic) bond motifs is 2. The van der Waals surface area contributed by atoms with E-state index in [-0.39, 0.29) is 64.7 Å². The fourth-order valence-electron chi connectivity index (χ4n) is 10.2. The molecule has 5 amide bonds. The normalized spacial score (nSPS) is 21.9. The van der Waals surface area contributed by atoms with Gasteiger partial charge in [-0.2, -0.15) is 4.98 Å². The number of hydrogen-bond donors (Lipinski definition) is 3. The monoisotopic (exact) mass is 925 g/mol. The molecule has 348 valence electrons. The molecule has 2 aromatic heterocycles. The van der Waals surface area contributed by atoms with E-state index in [1.807, 2.05) is 13.0 Å². The minimum atomic E-state index is -0.985. The molecule has 1 unspecified atom stereocenters. The third-order valence-corrected chi connectivity index (χ3v) is 14.1. The molecule has 3 saturated heterocycles. The molecule has 2 aromatic carbocycles. The maximum Gasteiger partial charge on any atom is 0.293 e. The molecule has 3 N–H and O–H groups in total. The van der Waals surface area contributed by atoms with Gasteiger partial charge in [0.25, 0.3) is 23.3 Å². The SMILES string of the molecule is CNC(=O)COc1cc2c(F)c(Nc3nc(N4CCC(O[C@H]5C[C@H](N6CCC(c7ccc8c(c7C)C(=O)N(C7CCC(=O)NC7=O)C8=O)CC6)C5)CC4)ncc3Cl)ccc2n(C(C)C)c1=O. The Morgan fingerprint density at radius 3 is 2.41 bits per heavy atom. The largest absolute Gasteiger partial charge is 0.478 e. The van der Waals surface area contributed by atoms with Crippen molar-refractivity contribution in [2.24, 2.45) is 0 Å². The number of ether oxygens (including phenoxy) is 2. The van der Waals surface area contributed by atoms with Gasteiger partial charge in [-0.15, -0.1) is 0 Å². The highest BCUT2D eigenvalue weighted by atomic mass is 35.5. The van der Waals surface area contributed by atoms with E-state index >= 15 is 4.39 Å². The Labute approximate surface area is 385 Å². The molecule has 5 aliphatic rings. The fourth-order valence-corrected chi connectivity index (χ4v) is 10.3. The average molecular weight is 926 g/mol. The minimum absolute atomic E-state index is 0.0825. The molecule has 6 heterocycles. The smallest absolute Gasteiger partial charge is 0.293 e. The van der Waals surface area contributed by atoms with Crippen LogP contribution in [0, 0.1) is 12.7 Å². The summed E-state index contributed by atoms with van der Waals surface area (Å²) in [7, 11) is 1.46. The Bertz CT molecular complexity index is 2690. The lowest BCUT2D eigenvalue weighted by molar-refractivity contribution is -0.136. The number of amides is 5. The number of nitrogens with zero attached hydrogens (tertiary/aromatic N) is 6. The molecular formula is C47H53ClFN9O8. The molecule has 0 spiro atoms. The van der Waals surface area contributed by atoms with E-state index in [0.29, 0.717) is 41.7 Å². The Morgan fingerprint density at radius 2 is 1.71 bits per heavy atom. The number of benzene rings is 2.